The zero-order chi connectivity index (χ0) is 15.6. The summed E-state index contributed by atoms with van der Waals surface area (Å²) in [5.74, 6) is -1.56. The Morgan fingerprint density at radius 3 is 2.52 bits per heavy atom. The molecule has 4 nitrogen and oxygen atoms in total. The van der Waals surface area contributed by atoms with Crippen LogP contribution >= 0.6 is 23.2 Å². The third kappa shape index (κ3) is 3.09. The summed E-state index contributed by atoms with van der Waals surface area (Å²) in [6, 6.07) is 6.28. The van der Waals surface area contributed by atoms with Crippen LogP contribution in [0.3, 0.4) is 0 Å². The molecule has 0 fully saturated rings. The summed E-state index contributed by atoms with van der Waals surface area (Å²) in [5.41, 5.74) is 5.37. The van der Waals surface area contributed by atoms with E-state index in [2.05, 4.69) is 4.98 Å². The SMILES string of the molecule is CCOC(=O)c1nc(-c2ccc(Cl)cc2)c(F)c(N)c1Cl. The van der Waals surface area contributed by atoms with Crippen molar-refractivity contribution in [3.63, 3.8) is 0 Å². The summed E-state index contributed by atoms with van der Waals surface area (Å²) < 4.78 is 19.0. The van der Waals surface area contributed by atoms with Crippen molar-refractivity contribution in [1.82, 2.24) is 4.98 Å². The lowest BCUT2D eigenvalue weighted by atomic mass is 10.1. The van der Waals surface area contributed by atoms with Gasteiger partial charge in [0.2, 0.25) is 0 Å². The number of hydrogen-bond donors (Lipinski definition) is 1. The molecular weight excluding hydrogens is 318 g/mol. The number of carbonyl (C=O) groups is 1. The molecule has 2 rings (SSSR count). The second kappa shape index (κ2) is 6.28. The van der Waals surface area contributed by atoms with Gasteiger partial charge in [0, 0.05) is 10.6 Å². The first kappa shape index (κ1) is 15.5. The van der Waals surface area contributed by atoms with E-state index in [-0.39, 0.29) is 28.7 Å². The van der Waals surface area contributed by atoms with Crippen LogP contribution in [0.2, 0.25) is 10.0 Å². The van der Waals surface area contributed by atoms with E-state index in [1.54, 1.807) is 31.2 Å². The Hall–Kier alpha value is -1.85. The number of nitrogens with zero attached hydrogens (tertiary/aromatic N) is 1. The molecule has 21 heavy (non-hydrogen) atoms. The lowest BCUT2D eigenvalue weighted by Gasteiger charge is -2.11. The van der Waals surface area contributed by atoms with Gasteiger partial charge >= 0.3 is 5.97 Å². The summed E-state index contributed by atoms with van der Waals surface area (Å²) in [4.78, 5) is 15.7. The number of nitrogen functional groups attached to an aromatic ring is 1. The first-order valence-corrected chi connectivity index (χ1v) is 6.78. The van der Waals surface area contributed by atoms with E-state index >= 15 is 0 Å². The molecule has 7 heteroatoms. The molecule has 0 unspecified atom stereocenters. The first-order valence-electron chi connectivity index (χ1n) is 6.03. The average Bonchev–Trinajstić information content (AvgIpc) is 2.46. The standard InChI is InChI=1S/C14H11Cl2FN2O2/c1-2-21-14(20)13-9(16)11(18)10(17)12(19-13)7-3-5-8(15)6-4-7/h3-6H,2H2,1H3,(H2,18,19). The van der Waals surface area contributed by atoms with Crippen LogP contribution < -0.4 is 5.73 Å². The molecule has 1 aromatic carbocycles. The van der Waals surface area contributed by atoms with Gasteiger partial charge in [-0.1, -0.05) is 35.3 Å². The molecule has 0 bridgehead atoms. The van der Waals surface area contributed by atoms with E-state index < -0.39 is 11.8 Å². The van der Waals surface area contributed by atoms with Crippen LogP contribution in [0.15, 0.2) is 24.3 Å². The topological polar surface area (TPSA) is 65.2 Å². The van der Waals surface area contributed by atoms with E-state index in [1.807, 2.05) is 0 Å². The maximum absolute atomic E-state index is 14.2. The van der Waals surface area contributed by atoms with Crippen LogP contribution in [-0.2, 0) is 4.74 Å². The molecule has 1 heterocycles. The van der Waals surface area contributed by atoms with Crippen molar-refractivity contribution in [1.29, 1.82) is 0 Å². The number of hydrogen-bond acceptors (Lipinski definition) is 4. The highest BCUT2D eigenvalue weighted by molar-refractivity contribution is 6.35. The molecule has 0 amide bonds. The first-order chi connectivity index (χ1) is 9.95. The van der Waals surface area contributed by atoms with Crippen molar-refractivity contribution in [3.8, 4) is 11.3 Å². The number of ether oxygens (including phenoxy) is 1. The van der Waals surface area contributed by atoms with Crippen LogP contribution in [0.5, 0.6) is 0 Å². The van der Waals surface area contributed by atoms with Gasteiger partial charge in [-0.2, -0.15) is 0 Å². The van der Waals surface area contributed by atoms with E-state index in [9.17, 15) is 9.18 Å². The number of nitrogens with two attached hydrogens (primary N) is 1. The molecule has 0 saturated heterocycles. The highest BCUT2D eigenvalue weighted by Crippen LogP contribution is 2.32. The Morgan fingerprint density at radius 1 is 1.33 bits per heavy atom. The molecule has 0 saturated carbocycles. The van der Waals surface area contributed by atoms with E-state index in [4.69, 9.17) is 33.7 Å². The minimum atomic E-state index is -0.796. The molecule has 0 aliphatic rings. The second-order valence-electron chi connectivity index (χ2n) is 4.08. The molecular formula is C14H11Cl2FN2O2. The summed E-state index contributed by atoms with van der Waals surface area (Å²) in [7, 11) is 0. The minimum Gasteiger partial charge on any atom is -0.461 e. The Bertz CT molecular complexity index is 690. The third-order valence-corrected chi connectivity index (χ3v) is 3.33. The smallest absolute Gasteiger partial charge is 0.358 e. The molecule has 0 aliphatic heterocycles. The average molecular weight is 329 g/mol. The van der Waals surface area contributed by atoms with Crippen molar-refractivity contribution < 1.29 is 13.9 Å². The van der Waals surface area contributed by atoms with E-state index in [0.29, 0.717) is 10.6 Å². The quantitative estimate of drug-likeness (QED) is 0.866. The lowest BCUT2D eigenvalue weighted by molar-refractivity contribution is 0.0520. The van der Waals surface area contributed by atoms with Gasteiger partial charge in [-0.15, -0.1) is 0 Å². The maximum atomic E-state index is 14.2. The summed E-state index contributed by atoms with van der Waals surface area (Å²) in [5, 5.41) is 0.232. The van der Waals surface area contributed by atoms with Crippen LogP contribution in [0.25, 0.3) is 11.3 Å². The molecule has 0 atom stereocenters. The molecule has 0 radical (unpaired) electrons. The summed E-state index contributed by atoms with van der Waals surface area (Å²) in [6.45, 7) is 1.78. The Kier molecular flexibility index (Phi) is 4.65. The molecule has 2 N–H and O–H groups in total. The van der Waals surface area contributed by atoms with Crippen molar-refractivity contribution in [2.24, 2.45) is 0 Å². The van der Waals surface area contributed by atoms with Crippen LogP contribution in [0.1, 0.15) is 17.4 Å². The van der Waals surface area contributed by atoms with Crippen molar-refractivity contribution >= 4 is 34.9 Å². The van der Waals surface area contributed by atoms with Gasteiger partial charge in [0.15, 0.2) is 11.5 Å². The molecule has 0 spiro atoms. The van der Waals surface area contributed by atoms with Crippen LogP contribution in [0.4, 0.5) is 10.1 Å². The fourth-order valence-electron chi connectivity index (χ4n) is 1.70. The van der Waals surface area contributed by atoms with Crippen molar-refractivity contribution in [3.05, 3.63) is 45.8 Å². The van der Waals surface area contributed by atoms with Gasteiger partial charge in [0.1, 0.15) is 5.69 Å². The Labute approximate surface area is 130 Å². The highest BCUT2D eigenvalue weighted by atomic mass is 35.5. The maximum Gasteiger partial charge on any atom is 0.358 e. The molecule has 0 aliphatic carbocycles. The van der Waals surface area contributed by atoms with E-state index in [1.165, 1.54) is 0 Å². The fourth-order valence-corrected chi connectivity index (χ4v) is 2.02. The van der Waals surface area contributed by atoms with Gasteiger partial charge < -0.3 is 10.5 Å². The molecule has 110 valence electrons. The lowest BCUT2D eigenvalue weighted by Crippen LogP contribution is -2.12. The predicted molar refractivity (Wildman–Crippen MR) is 80.0 cm³/mol. The number of pyridine rings is 1. The Morgan fingerprint density at radius 2 is 1.95 bits per heavy atom. The van der Waals surface area contributed by atoms with Gasteiger partial charge in [-0.25, -0.2) is 14.2 Å². The summed E-state index contributed by atoms with van der Waals surface area (Å²) >= 11 is 11.6. The van der Waals surface area contributed by atoms with Crippen LogP contribution in [-0.4, -0.2) is 17.6 Å². The number of esters is 1. The van der Waals surface area contributed by atoms with Gasteiger partial charge in [0.05, 0.1) is 17.3 Å². The van der Waals surface area contributed by atoms with Crippen LogP contribution in [0, 0.1) is 5.82 Å². The number of benzene rings is 1. The largest absolute Gasteiger partial charge is 0.461 e. The normalized spacial score (nSPS) is 10.5. The number of carbonyl (C=O) groups excluding carboxylic acids is 1. The minimum absolute atomic E-state index is 0.0865. The van der Waals surface area contributed by atoms with E-state index in [0.717, 1.165) is 0 Å². The predicted octanol–water partition coefficient (Wildman–Crippen LogP) is 3.95. The number of anilines is 1. The number of rotatable bonds is 3. The number of aromatic nitrogens is 1. The summed E-state index contributed by atoms with van der Waals surface area (Å²) in [6.07, 6.45) is 0. The van der Waals surface area contributed by atoms with Crippen molar-refractivity contribution in [2.45, 2.75) is 6.92 Å². The molecule has 1 aromatic heterocycles. The monoisotopic (exact) mass is 328 g/mol. The number of halogens is 3. The zero-order valence-corrected chi connectivity index (χ0v) is 12.5. The second-order valence-corrected chi connectivity index (χ2v) is 4.89. The Balaban J connectivity index is 2.61. The van der Waals surface area contributed by atoms with Crippen molar-refractivity contribution in [2.75, 3.05) is 12.3 Å². The van der Waals surface area contributed by atoms with Gasteiger partial charge in [0.25, 0.3) is 0 Å². The highest BCUT2D eigenvalue weighted by Gasteiger charge is 2.23. The fraction of sp³-hybridized carbons (Fsp3) is 0.143. The van der Waals surface area contributed by atoms with Gasteiger partial charge in [-0.05, 0) is 19.1 Å². The zero-order valence-electron chi connectivity index (χ0n) is 11.0. The third-order valence-electron chi connectivity index (χ3n) is 2.70. The molecule has 2 aromatic rings. The van der Waals surface area contributed by atoms with Gasteiger partial charge in [-0.3, -0.25) is 0 Å².